The summed E-state index contributed by atoms with van der Waals surface area (Å²) in [5, 5.41) is 6.73. The van der Waals surface area contributed by atoms with E-state index >= 15 is 0 Å². The van der Waals surface area contributed by atoms with E-state index in [1.807, 2.05) is 18.2 Å². The number of carbonyl (C=O) groups is 1. The summed E-state index contributed by atoms with van der Waals surface area (Å²) in [6.45, 7) is 0.911. The maximum absolute atomic E-state index is 12.3. The lowest BCUT2D eigenvalue weighted by Crippen LogP contribution is -2.12. The van der Waals surface area contributed by atoms with Crippen LogP contribution in [0.2, 0.25) is 10.0 Å². The first-order valence-corrected chi connectivity index (χ1v) is 7.93. The van der Waals surface area contributed by atoms with E-state index in [4.69, 9.17) is 23.2 Å². The summed E-state index contributed by atoms with van der Waals surface area (Å²) in [5.74, 6) is -0.216. The number of anilines is 2. The highest BCUT2D eigenvalue weighted by molar-refractivity contribution is 9.10. The van der Waals surface area contributed by atoms with Crippen LogP contribution in [0.3, 0.4) is 0 Å². The van der Waals surface area contributed by atoms with Gasteiger partial charge in [-0.05, 0) is 52.2 Å². The molecule has 0 fully saturated rings. The minimum atomic E-state index is -0.216. The van der Waals surface area contributed by atoms with Crippen molar-refractivity contribution in [2.75, 3.05) is 17.2 Å². The highest BCUT2D eigenvalue weighted by Gasteiger charge is 2.15. The first-order valence-electron chi connectivity index (χ1n) is 6.38. The maximum Gasteiger partial charge on any atom is 0.255 e. The maximum atomic E-state index is 12.3. The van der Waals surface area contributed by atoms with Gasteiger partial charge in [-0.15, -0.1) is 0 Å². The number of hydrogen-bond donors (Lipinski definition) is 2. The molecule has 6 heteroatoms. The van der Waals surface area contributed by atoms with Crippen molar-refractivity contribution in [1.82, 2.24) is 0 Å². The lowest BCUT2D eigenvalue weighted by Gasteiger charge is -2.10. The normalized spacial score (nSPS) is 12.7. The third-order valence-electron chi connectivity index (χ3n) is 3.37. The largest absolute Gasteiger partial charge is 0.384 e. The quantitative estimate of drug-likeness (QED) is 0.716. The third kappa shape index (κ3) is 2.89. The Bertz CT molecular complexity index is 734. The first kappa shape index (κ1) is 14.7. The molecule has 21 heavy (non-hydrogen) atoms. The lowest BCUT2D eigenvalue weighted by molar-refractivity contribution is 0.102. The Hall–Kier alpha value is -1.23. The SMILES string of the molecule is O=C(Nc1ccc(Br)c(Cl)c1Cl)c1ccc2c(c1)NCC2. The molecule has 3 nitrogen and oxygen atoms in total. The molecule has 0 aliphatic carbocycles. The fourth-order valence-electron chi connectivity index (χ4n) is 2.25. The van der Waals surface area contributed by atoms with E-state index in [1.165, 1.54) is 5.56 Å². The number of fused-ring (bicyclic) bond motifs is 1. The van der Waals surface area contributed by atoms with Gasteiger partial charge in [-0.25, -0.2) is 0 Å². The Morgan fingerprint density at radius 1 is 1.19 bits per heavy atom. The third-order valence-corrected chi connectivity index (χ3v) is 5.14. The molecule has 0 atom stereocenters. The zero-order valence-electron chi connectivity index (χ0n) is 10.8. The fourth-order valence-corrected chi connectivity index (χ4v) is 3.07. The predicted molar refractivity (Wildman–Crippen MR) is 90.8 cm³/mol. The summed E-state index contributed by atoms with van der Waals surface area (Å²) in [4.78, 5) is 12.3. The van der Waals surface area contributed by atoms with Gasteiger partial charge in [0.2, 0.25) is 0 Å². The number of hydrogen-bond acceptors (Lipinski definition) is 2. The molecule has 3 rings (SSSR count). The summed E-state index contributed by atoms with van der Waals surface area (Å²) in [7, 11) is 0. The number of benzene rings is 2. The van der Waals surface area contributed by atoms with Crippen molar-refractivity contribution in [3.63, 3.8) is 0 Å². The van der Waals surface area contributed by atoms with E-state index in [-0.39, 0.29) is 5.91 Å². The molecular formula is C15H11BrCl2N2O. The second-order valence-corrected chi connectivity index (χ2v) is 6.34. The van der Waals surface area contributed by atoms with Gasteiger partial charge in [0, 0.05) is 22.3 Å². The first-order chi connectivity index (χ1) is 10.1. The molecule has 0 aromatic heterocycles. The second kappa shape index (κ2) is 5.87. The van der Waals surface area contributed by atoms with Gasteiger partial charge in [0.15, 0.2) is 0 Å². The zero-order valence-corrected chi connectivity index (χ0v) is 13.9. The van der Waals surface area contributed by atoms with E-state index in [1.54, 1.807) is 12.1 Å². The van der Waals surface area contributed by atoms with E-state index in [0.717, 1.165) is 18.7 Å². The van der Waals surface area contributed by atoms with Gasteiger partial charge in [0.1, 0.15) is 0 Å². The Kier molecular flexibility index (Phi) is 4.11. The van der Waals surface area contributed by atoms with Crippen LogP contribution in [-0.4, -0.2) is 12.5 Å². The molecule has 2 aromatic carbocycles. The van der Waals surface area contributed by atoms with E-state index < -0.39 is 0 Å². The van der Waals surface area contributed by atoms with Crippen LogP contribution in [0.15, 0.2) is 34.8 Å². The minimum Gasteiger partial charge on any atom is -0.384 e. The molecule has 0 unspecified atom stereocenters. The van der Waals surface area contributed by atoms with Crippen molar-refractivity contribution in [3.05, 3.63) is 56.0 Å². The molecule has 0 spiro atoms. The topological polar surface area (TPSA) is 41.1 Å². The number of amides is 1. The molecule has 0 radical (unpaired) electrons. The van der Waals surface area contributed by atoms with Gasteiger partial charge in [-0.2, -0.15) is 0 Å². The van der Waals surface area contributed by atoms with Crippen molar-refractivity contribution in [3.8, 4) is 0 Å². The summed E-state index contributed by atoms with van der Waals surface area (Å²) < 4.78 is 0.689. The van der Waals surface area contributed by atoms with Crippen molar-refractivity contribution in [2.24, 2.45) is 0 Å². The van der Waals surface area contributed by atoms with E-state index in [2.05, 4.69) is 26.6 Å². The fraction of sp³-hybridized carbons (Fsp3) is 0.133. The van der Waals surface area contributed by atoms with Crippen molar-refractivity contribution in [1.29, 1.82) is 0 Å². The lowest BCUT2D eigenvalue weighted by atomic mass is 10.1. The standard InChI is InChI=1S/C15H11BrCl2N2O/c16-10-3-4-11(14(18)13(10)17)20-15(21)9-2-1-8-5-6-19-12(8)7-9/h1-4,7,19H,5-6H2,(H,20,21). The summed E-state index contributed by atoms with van der Waals surface area (Å²) in [6, 6.07) is 9.10. The average Bonchev–Trinajstić information content (AvgIpc) is 2.95. The molecule has 0 bridgehead atoms. The molecule has 108 valence electrons. The van der Waals surface area contributed by atoms with Crippen molar-refractivity contribution >= 4 is 56.4 Å². The molecule has 2 N–H and O–H groups in total. The minimum absolute atomic E-state index is 0.216. The number of halogens is 3. The molecule has 1 amide bonds. The zero-order chi connectivity index (χ0) is 15.0. The summed E-state index contributed by atoms with van der Waals surface area (Å²) in [5.41, 5.74) is 3.32. The van der Waals surface area contributed by atoms with Gasteiger partial charge in [-0.3, -0.25) is 4.79 Å². The van der Waals surface area contributed by atoms with Gasteiger partial charge in [0.25, 0.3) is 5.91 Å². The second-order valence-electron chi connectivity index (χ2n) is 4.73. The van der Waals surface area contributed by atoms with E-state index in [0.29, 0.717) is 25.8 Å². The van der Waals surface area contributed by atoms with Gasteiger partial charge >= 0.3 is 0 Å². The molecule has 1 aliphatic heterocycles. The van der Waals surface area contributed by atoms with Crippen LogP contribution in [0.5, 0.6) is 0 Å². The number of carbonyl (C=O) groups excluding carboxylic acids is 1. The van der Waals surface area contributed by atoms with Gasteiger partial charge < -0.3 is 10.6 Å². The van der Waals surface area contributed by atoms with Crippen LogP contribution < -0.4 is 10.6 Å². The Balaban J connectivity index is 1.85. The van der Waals surface area contributed by atoms with Crippen LogP contribution in [0.25, 0.3) is 0 Å². The number of rotatable bonds is 2. The Morgan fingerprint density at radius 2 is 2.00 bits per heavy atom. The molecule has 1 heterocycles. The monoisotopic (exact) mass is 384 g/mol. The summed E-state index contributed by atoms with van der Waals surface area (Å²) >= 11 is 15.5. The van der Waals surface area contributed by atoms with Crippen LogP contribution in [0, 0.1) is 0 Å². The Morgan fingerprint density at radius 3 is 2.81 bits per heavy atom. The van der Waals surface area contributed by atoms with Crippen LogP contribution >= 0.6 is 39.1 Å². The molecule has 2 aromatic rings. The predicted octanol–water partition coefficient (Wildman–Crippen LogP) is 4.98. The highest BCUT2D eigenvalue weighted by atomic mass is 79.9. The van der Waals surface area contributed by atoms with Crippen molar-refractivity contribution in [2.45, 2.75) is 6.42 Å². The van der Waals surface area contributed by atoms with Crippen LogP contribution in [-0.2, 0) is 6.42 Å². The highest BCUT2D eigenvalue weighted by Crippen LogP contribution is 2.36. The van der Waals surface area contributed by atoms with Crippen molar-refractivity contribution < 1.29 is 4.79 Å². The molecule has 1 aliphatic rings. The Labute approximate surface area is 140 Å². The average molecular weight is 386 g/mol. The van der Waals surface area contributed by atoms with Crippen LogP contribution in [0.1, 0.15) is 15.9 Å². The van der Waals surface area contributed by atoms with Gasteiger partial charge in [0.05, 0.1) is 15.7 Å². The summed E-state index contributed by atoms with van der Waals surface area (Å²) in [6.07, 6.45) is 0.991. The van der Waals surface area contributed by atoms with Gasteiger partial charge in [-0.1, -0.05) is 29.3 Å². The number of nitrogens with one attached hydrogen (secondary N) is 2. The van der Waals surface area contributed by atoms with E-state index in [9.17, 15) is 4.79 Å². The smallest absolute Gasteiger partial charge is 0.255 e. The molecule has 0 saturated carbocycles. The molecular weight excluding hydrogens is 375 g/mol. The van der Waals surface area contributed by atoms with Crippen LogP contribution in [0.4, 0.5) is 11.4 Å². The molecule has 0 saturated heterocycles.